The summed E-state index contributed by atoms with van der Waals surface area (Å²) in [6.45, 7) is -0.644. The molecule has 0 aliphatic carbocycles. The number of benzene rings is 1. The number of nitrogens with one attached hydrogen (secondary N) is 1. The number of carbonyl (C=O) groups excluding carboxylic acids is 2. The van der Waals surface area contributed by atoms with Crippen LogP contribution in [0.15, 0.2) is 24.4 Å². The Hall–Kier alpha value is -3.25. The van der Waals surface area contributed by atoms with E-state index in [-0.39, 0.29) is 17.5 Å². The summed E-state index contributed by atoms with van der Waals surface area (Å²) < 4.78 is 83.6. The largest absolute Gasteiger partial charge is 0.479 e. The Kier molecular flexibility index (Phi) is 6.33. The summed E-state index contributed by atoms with van der Waals surface area (Å²) >= 11 is 0. The van der Waals surface area contributed by atoms with Crippen LogP contribution in [0.1, 0.15) is 21.5 Å². The minimum Gasteiger partial charge on any atom is -0.479 e. The van der Waals surface area contributed by atoms with Gasteiger partial charge in [0, 0.05) is 26.0 Å². The maximum atomic E-state index is 12.9. The van der Waals surface area contributed by atoms with Crippen molar-refractivity contribution in [2.45, 2.75) is 12.4 Å². The van der Waals surface area contributed by atoms with Crippen LogP contribution in [-0.2, 0) is 24.2 Å². The molecule has 1 N–H and O–H groups in total. The van der Waals surface area contributed by atoms with Gasteiger partial charge in [0.25, 0.3) is 5.91 Å². The second kappa shape index (κ2) is 8.24. The monoisotopic (exact) mass is 438 g/mol. The van der Waals surface area contributed by atoms with E-state index in [1.807, 2.05) is 5.32 Å². The van der Waals surface area contributed by atoms with Crippen molar-refractivity contribution in [1.82, 2.24) is 14.7 Å². The van der Waals surface area contributed by atoms with Gasteiger partial charge in [0.1, 0.15) is 5.56 Å². The zero-order chi connectivity index (χ0) is 22.9. The smallest absolute Gasteiger partial charge is 0.416 e. The van der Waals surface area contributed by atoms with Crippen LogP contribution in [0, 0.1) is 0 Å². The van der Waals surface area contributed by atoms with Gasteiger partial charge < -0.3 is 15.0 Å². The van der Waals surface area contributed by atoms with Gasteiger partial charge in [0.15, 0.2) is 0 Å². The van der Waals surface area contributed by atoms with E-state index in [1.54, 1.807) is 0 Å². The van der Waals surface area contributed by atoms with Crippen LogP contribution >= 0.6 is 0 Å². The molecule has 0 radical (unpaired) electrons. The minimum atomic E-state index is -5.05. The van der Waals surface area contributed by atoms with Gasteiger partial charge in [-0.25, -0.2) is 0 Å². The molecule has 0 spiro atoms. The van der Waals surface area contributed by atoms with Gasteiger partial charge in [-0.05, 0) is 18.2 Å². The predicted molar refractivity (Wildman–Crippen MR) is 91.8 cm³/mol. The summed E-state index contributed by atoms with van der Waals surface area (Å²) in [5, 5.41) is 5.83. The Bertz CT molecular complexity index is 920. The summed E-state index contributed by atoms with van der Waals surface area (Å²) in [6.07, 6.45) is -8.77. The number of ether oxygens (including phenoxy) is 1. The molecule has 1 aromatic heterocycles. The first kappa shape index (κ1) is 23.0. The van der Waals surface area contributed by atoms with Gasteiger partial charge in [-0.1, -0.05) is 0 Å². The number of likely N-dealkylation sites (N-methyl/N-ethyl adjacent to an activating group) is 1. The number of amides is 2. The third-order valence-electron chi connectivity index (χ3n) is 3.82. The molecule has 0 bridgehead atoms. The van der Waals surface area contributed by atoms with Gasteiger partial charge in [0.2, 0.25) is 11.8 Å². The molecule has 2 rings (SSSR count). The number of anilines is 1. The van der Waals surface area contributed by atoms with E-state index < -0.39 is 47.5 Å². The number of nitrogens with zero attached hydrogens (tertiary/aromatic N) is 3. The van der Waals surface area contributed by atoms with E-state index in [9.17, 15) is 35.9 Å². The molecular formula is C17H16F6N4O3. The molecule has 1 aromatic carbocycles. The van der Waals surface area contributed by atoms with Crippen LogP contribution < -0.4 is 10.1 Å². The van der Waals surface area contributed by atoms with Gasteiger partial charge >= 0.3 is 12.4 Å². The molecule has 0 aliphatic rings. The molecule has 2 amide bonds. The summed E-state index contributed by atoms with van der Waals surface area (Å²) in [5.41, 5.74) is -3.83. The molecule has 0 aliphatic heterocycles. The Morgan fingerprint density at radius 2 is 1.63 bits per heavy atom. The van der Waals surface area contributed by atoms with Crippen molar-refractivity contribution in [2.24, 2.45) is 7.05 Å². The fourth-order valence-corrected chi connectivity index (χ4v) is 2.49. The average Bonchev–Trinajstić information content (AvgIpc) is 2.99. The number of hydrogen-bond donors (Lipinski definition) is 1. The topological polar surface area (TPSA) is 76.5 Å². The van der Waals surface area contributed by atoms with Gasteiger partial charge in [-0.2, -0.15) is 26.3 Å². The Morgan fingerprint density at radius 1 is 1.10 bits per heavy atom. The lowest BCUT2D eigenvalue weighted by atomic mass is 10.1. The molecule has 13 heteroatoms. The van der Waals surface area contributed by atoms with E-state index in [0.717, 1.165) is 4.90 Å². The summed E-state index contributed by atoms with van der Waals surface area (Å²) in [5.74, 6) is -1.70. The molecule has 164 valence electrons. The maximum absolute atomic E-state index is 12.9. The first-order chi connectivity index (χ1) is 13.7. The van der Waals surface area contributed by atoms with Crippen LogP contribution in [0.3, 0.4) is 0 Å². The highest BCUT2D eigenvalue weighted by Gasteiger charge is 2.37. The number of carbonyl (C=O) groups is 2. The molecule has 1 heterocycles. The third kappa shape index (κ3) is 5.42. The number of aryl methyl sites for hydroxylation is 1. The highest BCUT2D eigenvalue weighted by Crippen LogP contribution is 2.37. The Balaban J connectivity index is 2.20. The first-order valence-corrected chi connectivity index (χ1v) is 8.14. The maximum Gasteiger partial charge on any atom is 0.416 e. The van der Waals surface area contributed by atoms with Crippen molar-refractivity contribution < 1.29 is 40.7 Å². The van der Waals surface area contributed by atoms with E-state index >= 15 is 0 Å². The number of methoxy groups -OCH3 is 1. The second-order valence-electron chi connectivity index (χ2n) is 6.23. The Morgan fingerprint density at radius 3 is 2.10 bits per heavy atom. The van der Waals surface area contributed by atoms with E-state index in [0.29, 0.717) is 12.1 Å². The number of rotatable bonds is 5. The molecule has 0 saturated carbocycles. The summed E-state index contributed by atoms with van der Waals surface area (Å²) in [6, 6.07) is 0.693. The molecule has 7 nitrogen and oxygen atoms in total. The fraction of sp³-hybridized carbons (Fsp3) is 0.353. The predicted octanol–water partition coefficient (Wildman–Crippen LogP) is 3.18. The molecular weight excluding hydrogens is 422 g/mol. The third-order valence-corrected chi connectivity index (χ3v) is 3.82. The summed E-state index contributed by atoms with van der Waals surface area (Å²) in [7, 11) is 4.03. The zero-order valence-corrected chi connectivity index (χ0v) is 15.9. The number of alkyl halides is 6. The first-order valence-electron chi connectivity index (χ1n) is 8.14. The molecule has 0 saturated heterocycles. The van der Waals surface area contributed by atoms with E-state index in [1.165, 1.54) is 32.1 Å². The molecule has 30 heavy (non-hydrogen) atoms. The minimum absolute atomic E-state index is 0.0116. The van der Waals surface area contributed by atoms with Crippen molar-refractivity contribution in [3.05, 3.63) is 41.1 Å². The highest BCUT2D eigenvalue weighted by atomic mass is 19.4. The van der Waals surface area contributed by atoms with Crippen LogP contribution in [-0.4, -0.2) is 47.2 Å². The number of hydrogen-bond acceptors (Lipinski definition) is 4. The van der Waals surface area contributed by atoms with Gasteiger partial charge in [0.05, 0.1) is 24.8 Å². The van der Waals surface area contributed by atoms with Gasteiger partial charge in [-0.15, -0.1) is 5.10 Å². The molecule has 2 aromatic rings. The number of halogens is 6. The lowest BCUT2D eigenvalue weighted by molar-refractivity contribution is -0.143. The zero-order valence-electron chi connectivity index (χ0n) is 15.9. The number of aromatic nitrogens is 2. The second-order valence-corrected chi connectivity index (χ2v) is 6.23. The molecule has 0 fully saturated rings. The lowest BCUT2D eigenvalue weighted by Crippen LogP contribution is -2.35. The molecule has 0 unspecified atom stereocenters. The quantitative estimate of drug-likeness (QED) is 0.728. The lowest BCUT2D eigenvalue weighted by Gasteiger charge is -2.18. The van der Waals surface area contributed by atoms with E-state index in [4.69, 9.17) is 4.74 Å². The van der Waals surface area contributed by atoms with Crippen LogP contribution in [0.5, 0.6) is 5.88 Å². The Labute approximate surface area is 166 Å². The van der Waals surface area contributed by atoms with Crippen molar-refractivity contribution >= 4 is 17.5 Å². The van der Waals surface area contributed by atoms with E-state index in [2.05, 4.69) is 5.10 Å². The van der Waals surface area contributed by atoms with Crippen molar-refractivity contribution in [3.63, 3.8) is 0 Å². The molecule has 0 atom stereocenters. The van der Waals surface area contributed by atoms with Crippen molar-refractivity contribution in [1.29, 1.82) is 0 Å². The van der Waals surface area contributed by atoms with Crippen LogP contribution in [0.25, 0.3) is 0 Å². The SMILES string of the molecule is COc1nn(C)cc1C(=O)N(C)CC(=O)Nc1cc(C(F)(F)F)cc(C(F)(F)F)c1. The fourth-order valence-electron chi connectivity index (χ4n) is 2.49. The highest BCUT2D eigenvalue weighted by molar-refractivity contribution is 6.00. The average molecular weight is 438 g/mol. The summed E-state index contributed by atoms with van der Waals surface area (Å²) in [4.78, 5) is 25.4. The normalized spacial score (nSPS) is 11.9. The standard InChI is InChI=1S/C17H16F6N4O3/c1-26(15(29)12-7-27(2)25-14(12)30-3)8-13(28)24-11-5-9(16(18,19)20)4-10(6-11)17(21,22)23/h4-7H,8H2,1-3H3,(H,24,28). The van der Waals surface area contributed by atoms with Gasteiger partial charge in [-0.3, -0.25) is 14.3 Å². The van der Waals surface area contributed by atoms with Crippen LogP contribution in [0.4, 0.5) is 32.0 Å². The van der Waals surface area contributed by atoms with Crippen molar-refractivity contribution in [2.75, 3.05) is 26.0 Å². The van der Waals surface area contributed by atoms with Crippen molar-refractivity contribution in [3.8, 4) is 5.88 Å². The van der Waals surface area contributed by atoms with Crippen LogP contribution in [0.2, 0.25) is 0 Å².